The van der Waals surface area contributed by atoms with Gasteiger partial charge in [-0.25, -0.2) is 0 Å². The second kappa shape index (κ2) is 9.81. The Kier molecular flexibility index (Phi) is 7.13. The fraction of sp³-hybridized carbons (Fsp3) is 0.758. The topological polar surface area (TPSA) is 92.5 Å². The molecule has 0 radical (unpaired) electrons. The zero-order chi connectivity index (χ0) is 26.7. The molecule has 0 bridgehead atoms. The Labute approximate surface area is 225 Å². The van der Waals surface area contributed by atoms with Crippen LogP contribution in [0.1, 0.15) is 110 Å². The molecule has 4 nitrogen and oxygen atoms in total. The molecule has 4 aliphatic rings. The molecule has 5 rings (SSSR count). The molecule has 3 fully saturated rings. The number of fused-ring (bicyclic) bond motifs is 5. The van der Waals surface area contributed by atoms with Crippen LogP contribution >= 0.6 is 0 Å². The van der Waals surface area contributed by atoms with E-state index in [-0.39, 0.29) is 17.1 Å². The van der Waals surface area contributed by atoms with Gasteiger partial charge in [-0.2, -0.15) is 0 Å². The minimum absolute atomic E-state index is 0.0268. The van der Waals surface area contributed by atoms with E-state index in [0.29, 0.717) is 35.0 Å². The summed E-state index contributed by atoms with van der Waals surface area (Å²) in [5.74, 6) is 4.59. The fourth-order valence-corrected chi connectivity index (χ4v) is 10.2. The lowest BCUT2D eigenvalue weighted by molar-refractivity contribution is -0.0650. The van der Waals surface area contributed by atoms with Crippen LogP contribution in [0.3, 0.4) is 0 Å². The molecule has 0 aromatic heterocycles. The van der Waals surface area contributed by atoms with Gasteiger partial charge in [-0.3, -0.25) is 0 Å². The Morgan fingerprint density at radius 2 is 1.78 bits per heavy atom. The monoisotopic (exact) mass is 508 g/mol. The summed E-state index contributed by atoms with van der Waals surface area (Å²) in [6, 6.07) is 3.39. The van der Waals surface area contributed by atoms with E-state index in [2.05, 4.69) is 40.7 Å². The van der Waals surface area contributed by atoms with Crippen LogP contribution < -0.4 is 11.5 Å². The Morgan fingerprint density at radius 1 is 1.03 bits per heavy atom. The first-order valence-corrected chi connectivity index (χ1v) is 15.2. The number of benzene rings is 1. The van der Waals surface area contributed by atoms with Gasteiger partial charge in [0.05, 0.1) is 11.8 Å². The maximum absolute atomic E-state index is 10.9. The highest BCUT2D eigenvalue weighted by molar-refractivity contribution is 5.70. The third kappa shape index (κ3) is 4.30. The van der Waals surface area contributed by atoms with Crippen LogP contribution in [-0.2, 0) is 0 Å². The fourth-order valence-electron chi connectivity index (χ4n) is 10.2. The van der Waals surface area contributed by atoms with Gasteiger partial charge in [0.1, 0.15) is 5.75 Å². The number of phenolic OH excluding ortho intramolecular Hbond substituents is 1. The number of aliphatic hydroxyl groups is 1. The molecule has 9 atom stereocenters. The number of anilines is 2. The zero-order valence-corrected chi connectivity index (χ0v) is 24.0. The molecule has 37 heavy (non-hydrogen) atoms. The average Bonchev–Trinajstić information content (AvgIpc) is 3.19. The van der Waals surface area contributed by atoms with Gasteiger partial charge in [-0.1, -0.05) is 65.5 Å². The summed E-state index contributed by atoms with van der Waals surface area (Å²) < 4.78 is 0. The van der Waals surface area contributed by atoms with Crippen LogP contribution in [-0.4, -0.2) is 16.3 Å². The van der Waals surface area contributed by atoms with Crippen molar-refractivity contribution >= 4 is 11.4 Å². The molecule has 0 saturated heterocycles. The van der Waals surface area contributed by atoms with Gasteiger partial charge in [-0.15, -0.1) is 0 Å². The maximum atomic E-state index is 10.9. The lowest BCUT2D eigenvalue weighted by Crippen LogP contribution is -2.53. The zero-order valence-electron chi connectivity index (χ0n) is 24.0. The third-order valence-electron chi connectivity index (χ3n) is 12.1. The maximum Gasteiger partial charge on any atom is 0.138 e. The molecule has 0 aliphatic heterocycles. The minimum atomic E-state index is -0.390. The molecule has 6 N–H and O–H groups in total. The Morgan fingerprint density at radius 3 is 2.51 bits per heavy atom. The second-order valence-electron chi connectivity index (χ2n) is 14.3. The van der Waals surface area contributed by atoms with Crippen LogP contribution in [0.15, 0.2) is 23.8 Å². The van der Waals surface area contributed by atoms with Crippen molar-refractivity contribution in [2.45, 2.75) is 111 Å². The van der Waals surface area contributed by atoms with Crippen molar-refractivity contribution < 1.29 is 10.2 Å². The van der Waals surface area contributed by atoms with E-state index in [1.54, 1.807) is 12.1 Å². The standard InChI is InChI=1S/C33H52N2O2/c1-19(2)7-6-8-20(3)24-11-12-25-23-10-9-21-17-22(36)18-27(30-28(34)13-14-29(37)31(30)35)33(21,5)26(23)15-16-32(24,25)4/h9,13-14,19-20,22-27,36-37H,6-8,10-12,15-18,34-35H2,1-5H3/t20-,22-,23+,24-,25+,26+,27?,32-,33-/m1/s1. The van der Waals surface area contributed by atoms with Crippen molar-refractivity contribution in [3.8, 4) is 5.75 Å². The Hall–Kier alpha value is -1.68. The van der Waals surface area contributed by atoms with Gasteiger partial charge < -0.3 is 21.7 Å². The molecule has 1 aromatic rings. The molecule has 1 unspecified atom stereocenters. The van der Waals surface area contributed by atoms with Crippen LogP contribution in [0.4, 0.5) is 11.4 Å². The molecule has 4 heteroatoms. The first-order chi connectivity index (χ1) is 17.5. The van der Waals surface area contributed by atoms with Crippen molar-refractivity contribution in [1.82, 2.24) is 0 Å². The quantitative estimate of drug-likeness (QED) is 0.137. The van der Waals surface area contributed by atoms with E-state index in [0.717, 1.165) is 42.1 Å². The van der Waals surface area contributed by atoms with E-state index < -0.39 is 6.10 Å². The summed E-state index contributed by atoms with van der Waals surface area (Å²) in [6.07, 6.45) is 14.0. The number of hydrogen-bond donors (Lipinski definition) is 4. The van der Waals surface area contributed by atoms with Crippen molar-refractivity contribution in [2.75, 3.05) is 11.5 Å². The normalized spacial score (nSPS) is 40.0. The average molecular weight is 509 g/mol. The first-order valence-electron chi connectivity index (χ1n) is 15.2. The summed E-state index contributed by atoms with van der Waals surface area (Å²) in [5.41, 5.74) is 16.7. The number of nitrogen functional groups attached to an aromatic ring is 2. The molecule has 206 valence electrons. The van der Waals surface area contributed by atoms with E-state index >= 15 is 0 Å². The highest BCUT2D eigenvalue weighted by atomic mass is 16.3. The number of nitrogens with two attached hydrogens (primary N) is 2. The molecule has 0 spiro atoms. The van der Waals surface area contributed by atoms with Crippen molar-refractivity contribution in [1.29, 1.82) is 0 Å². The largest absolute Gasteiger partial charge is 0.506 e. The Bertz CT molecular complexity index is 1030. The van der Waals surface area contributed by atoms with Gasteiger partial charge in [0.2, 0.25) is 0 Å². The van der Waals surface area contributed by atoms with Gasteiger partial charge in [0.15, 0.2) is 0 Å². The van der Waals surface area contributed by atoms with E-state index in [1.165, 1.54) is 50.5 Å². The third-order valence-corrected chi connectivity index (χ3v) is 12.1. The van der Waals surface area contributed by atoms with Gasteiger partial charge in [-0.05, 0) is 109 Å². The summed E-state index contributed by atoms with van der Waals surface area (Å²) in [6.45, 7) is 12.3. The van der Waals surface area contributed by atoms with Crippen LogP contribution in [0.5, 0.6) is 5.75 Å². The highest BCUT2D eigenvalue weighted by Crippen LogP contribution is 2.70. The Balaban J connectivity index is 1.46. The van der Waals surface area contributed by atoms with E-state index in [1.807, 2.05) is 0 Å². The highest BCUT2D eigenvalue weighted by Gasteiger charge is 2.61. The number of aliphatic hydroxyl groups excluding tert-OH is 1. The summed E-state index contributed by atoms with van der Waals surface area (Å²) in [7, 11) is 0. The molecule has 3 saturated carbocycles. The molecule has 4 aliphatic carbocycles. The van der Waals surface area contributed by atoms with E-state index in [9.17, 15) is 10.2 Å². The number of rotatable bonds is 6. The second-order valence-corrected chi connectivity index (χ2v) is 14.3. The van der Waals surface area contributed by atoms with Crippen molar-refractivity contribution in [3.05, 3.63) is 29.3 Å². The molecule has 0 heterocycles. The predicted molar refractivity (Wildman–Crippen MR) is 154 cm³/mol. The molecular formula is C33H52N2O2. The summed E-state index contributed by atoms with van der Waals surface area (Å²) in [4.78, 5) is 0. The lowest BCUT2D eigenvalue weighted by Gasteiger charge is -2.61. The van der Waals surface area contributed by atoms with Gasteiger partial charge >= 0.3 is 0 Å². The van der Waals surface area contributed by atoms with Crippen molar-refractivity contribution in [2.24, 2.45) is 46.3 Å². The first kappa shape index (κ1) is 26.9. The number of hydrogen-bond acceptors (Lipinski definition) is 4. The molecule has 1 aromatic carbocycles. The van der Waals surface area contributed by atoms with Crippen LogP contribution in [0.25, 0.3) is 0 Å². The SMILES string of the molecule is CC(C)CCC[C@@H](C)[C@H]1CC[C@H]2[C@@H]3CC=C4C[C@@H](O)CC(c5c(N)ccc(O)c5N)[C@@]4(C)[C@H]3CC[C@]12C. The number of phenols is 1. The number of aromatic hydroxyl groups is 1. The van der Waals surface area contributed by atoms with Crippen LogP contribution in [0, 0.1) is 46.3 Å². The summed E-state index contributed by atoms with van der Waals surface area (Å²) in [5, 5.41) is 21.5. The number of allylic oxidation sites excluding steroid dienone is 1. The lowest BCUT2D eigenvalue weighted by atomic mass is 9.44. The smallest absolute Gasteiger partial charge is 0.138 e. The van der Waals surface area contributed by atoms with E-state index in [4.69, 9.17) is 11.5 Å². The van der Waals surface area contributed by atoms with Gasteiger partial charge in [0, 0.05) is 11.3 Å². The van der Waals surface area contributed by atoms with Gasteiger partial charge in [0.25, 0.3) is 0 Å². The van der Waals surface area contributed by atoms with Crippen LogP contribution in [0.2, 0.25) is 0 Å². The molecule has 0 amide bonds. The molecular weight excluding hydrogens is 456 g/mol. The summed E-state index contributed by atoms with van der Waals surface area (Å²) >= 11 is 0. The van der Waals surface area contributed by atoms with Crippen molar-refractivity contribution in [3.63, 3.8) is 0 Å². The predicted octanol–water partition coefficient (Wildman–Crippen LogP) is 7.65. The minimum Gasteiger partial charge on any atom is -0.506 e.